The van der Waals surface area contributed by atoms with Crippen LogP contribution in [0.2, 0.25) is 0 Å². The maximum absolute atomic E-state index is 11.6. The Morgan fingerprint density at radius 3 is 2.64 bits per heavy atom. The molecule has 2 amide bonds. The van der Waals surface area contributed by atoms with E-state index in [9.17, 15) is 4.79 Å². The molecule has 0 spiro atoms. The number of hydrogen-bond donors (Lipinski definition) is 3. The summed E-state index contributed by atoms with van der Waals surface area (Å²) in [6.07, 6.45) is 1.66. The van der Waals surface area contributed by atoms with Crippen LogP contribution in [0, 0.1) is 0 Å². The molecule has 2 aromatic rings. The van der Waals surface area contributed by atoms with Gasteiger partial charge in [-0.1, -0.05) is 6.07 Å². The number of carbonyl (C=O) groups excluding carboxylic acids is 1. The summed E-state index contributed by atoms with van der Waals surface area (Å²) in [7, 11) is 1.63. The van der Waals surface area contributed by atoms with Gasteiger partial charge in [0.1, 0.15) is 11.6 Å². The average molecular weight is 300 g/mol. The number of benzene rings is 1. The summed E-state index contributed by atoms with van der Waals surface area (Å²) in [6.45, 7) is 3.79. The van der Waals surface area contributed by atoms with Crippen molar-refractivity contribution in [2.75, 3.05) is 17.7 Å². The molecule has 1 heterocycles. The SMILES string of the molecule is COc1cccc(Nc2ccc(NC(=O)NC(C)C)nc2)c1. The van der Waals surface area contributed by atoms with Gasteiger partial charge in [0.05, 0.1) is 19.0 Å². The highest BCUT2D eigenvalue weighted by Crippen LogP contribution is 2.21. The molecular formula is C16H20N4O2. The van der Waals surface area contributed by atoms with Crippen LogP contribution in [-0.2, 0) is 0 Å². The third-order valence-corrected chi connectivity index (χ3v) is 2.78. The number of carbonyl (C=O) groups is 1. The maximum atomic E-state index is 11.6. The van der Waals surface area contributed by atoms with Crippen LogP contribution in [0.1, 0.15) is 13.8 Å². The van der Waals surface area contributed by atoms with E-state index < -0.39 is 0 Å². The summed E-state index contributed by atoms with van der Waals surface area (Å²) in [5.74, 6) is 1.27. The molecule has 0 bridgehead atoms. The molecular weight excluding hydrogens is 280 g/mol. The summed E-state index contributed by atoms with van der Waals surface area (Å²) in [4.78, 5) is 15.8. The minimum Gasteiger partial charge on any atom is -0.497 e. The molecule has 0 atom stereocenters. The standard InChI is InChI=1S/C16H20N4O2/c1-11(2)18-16(21)20-15-8-7-13(10-17-15)19-12-5-4-6-14(9-12)22-3/h4-11,19H,1-3H3,(H2,17,18,20,21). The summed E-state index contributed by atoms with van der Waals surface area (Å²) in [5.41, 5.74) is 1.72. The lowest BCUT2D eigenvalue weighted by molar-refractivity contribution is 0.250. The first-order valence-corrected chi connectivity index (χ1v) is 7.01. The van der Waals surface area contributed by atoms with E-state index in [0.29, 0.717) is 5.82 Å². The summed E-state index contributed by atoms with van der Waals surface area (Å²) in [5, 5.41) is 8.63. The van der Waals surface area contributed by atoms with Crippen molar-refractivity contribution in [3.8, 4) is 5.75 Å². The Hall–Kier alpha value is -2.76. The van der Waals surface area contributed by atoms with E-state index in [-0.39, 0.29) is 12.1 Å². The average Bonchev–Trinajstić information content (AvgIpc) is 2.48. The van der Waals surface area contributed by atoms with Crippen LogP contribution >= 0.6 is 0 Å². The molecule has 0 unspecified atom stereocenters. The summed E-state index contributed by atoms with van der Waals surface area (Å²) < 4.78 is 5.18. The number of ether oxygens (including phenoxy) is 1. The van der Waals surface area contributed by atoms with E-state index in [1.807, 2.05) is 44.2 Å². The summed E-state index contributed by atoms with van der Waals surface area (Å²) in [6, 6.07) is 11.0. The van der Waals surface area contributed by atoms with Crippen molar-refractivity contribution in [2.45, 2.75) is 19.9 Å². The molecule has 6 nitrogen and oxygen atoms in total. The molecule has 0 saturated heterocycles. The second kappa shape index (κ2) is 7.31. The van der Waals surface area contributed by atoms with Crippen molar-refractivity contribution in [1.29, 1.82) is 0 Å². The van der Waals surface area contributed by atoms with E-state index >= 15 is 0 Å². The number of anilines is 3. The van der Waals surface area contributed by atoms with Gasteiger partial charge in [-0.25, -0.2) is 9.78 Å². The fourth-order valence-electron chi connectivity index (χ4n) is 1.82. The van der Waals surface area contributed by atoms with Gasteiger partial charge in [-0.2, -0.15) is 0 Å². The molecule has 1 aromatic heterocycles. The first-order chi connectivity index (χ1) is 10.6. The van der Waals surface area contributed by atoms with E-state index in [1.165, 1.54) is 0 Å². The minimum absolute atomic E-state index is 0.0778. The first kappa shape index (κ1) is 15.6. The van der Waals surface area contributed by atoms with Crippen molar-refractivity contribution in [3.63, 3.8) is 0 Å². The highest BCUT2D eigenvalue weighted by molar-refractivity contribution is 5.88. The van der Waals surface area contributed by atoms with Gasteiger partial charge in [-0.3, -0.25) is 5.32 Å². The number of amides is 2. The van der Waals surface area contributed by atoms with E-state index in [0.717, 1.165) is 17.1 Å². The normalized spacial score (nSPS) is 10.2. The third-order valence-electron chi connectivity index (χ3n) is 2.78. The predicted octanol–water partition coefficient (Wildman–Crippen LogP) is 3.36. The topological polar surface area (TPSA) is 75.3 Å². The lowest BCUT2D eigenvalue weighted by Crippen LogP contribution is -2.34. The van der Waals surface area contributed by atoms with Crippen molar-refractivity contribution in [2.24, 2.45) is 0 Å². The van der Waals surface area contributed by atoms with Gasteiger partial charge >= 0.3 is 6.03 Å². The van der Waals surface area contributed by atoms with Crippen molar-refractivity contribution in [3.05, 3.63) is 42.6 Å². The zero-order chi connectivity index (χ0) is 15.9. The van der Waals surface area contributed by atoms with Gasteiger partial charge in [0.25, 0.3) is 0 Å². The molecule has 6 heteroatoms. The highest BCUT2D eigenvalue weighted by atomic mass is 16.5. The van der Waals surface area contributed by atoms with Gasteiger partial charge in [0, 0.05) is 17.8 Å². The fourth-order valence-corrected chi connectivity index (χ4v) is 1.82. The number of methoxy groups -OCH3 is 1. The number of urea groups is 1. The Morgan fingerprint density at radius 1 is 1.18 bits per heavy atom. The minimum atomic E-state index is -0.268. The number of pyridine rings is 1. The Morgan fingerprint density at radius 2 is 2.00 bits per heavy atom. The lowest BCUT2D eigenvalue weighted by atomic mass is 10.3. The summed E-state index contributed by atoms with van der Waals surface area (Å²) >= 11 is 0. The fraction of sp³-hybridized carbons (Fsp3) is 0.250. The molecule has 0 aliphatic heterocycles. The molecule has 116 valence electrons. The van der Waals surface area contributed by atoms with E-state index in [4.69, 9.17) is 4.74 Å². The monoisotopic (exact) mass is 300 g/mol. The zero-order valence-corrected chi connectivity index (χ0v) is 12.9. The molecule has 0 radical (unpaired) electrons. The molecule has 2 rings (SSSR count). The molecule has 0 saturated carbocycles. The van der Waals surface area contributed by atoms with Crippen LogP contribution in [0.3, 0.4) is 0 Å². The van der Waals surface area contributed by atoms with Crippen LogP contribution in [0.15, 0.2) is 42.6 Å². The first-order valence-electron chi connectivity index (χ1n) is 7.01. The number of nitrogens with one attached hydrogen (secondary N) is 3. The molecule has 22 heavy (non-hydrogen) atoms. The van der Waals surface area contributed by atoms with Crippen LogP contribution < -0.4 is 20.7 Å². The predicted molar refractivity (Wildman–Crippen MR) is 87.8 cm³/mol. The van der Waals surface area contributed by atoms with Crippen LogP contribution in [-0.4, -0.2) is 24.2 Å². The third kappa shape index (κ3) is 4.66. The van der Waals surface area contributed by atoms with Gasteiger partial charge in [0.15, 0.2) is 0 Å². The van der Waals surface area contributed by atoms with Crippen molar-refractivity contribution in [1.82, 2.24) is 10.3 Å². The van der Waals surface area contributed by atoms with Crippen LogP contribution in [0.25, 0.3) is 0 Å². The Labute approximate surface area is 129 Å². The molecule has 1 aromatic carbocycles. The molecule has 0 aliphatic rings. The number of nitrogens with zero attached hydrogens (tertiary/aromatic N) is 1. The second-order valence-corrected chi connectivity index (χ2v) is 5.04. The quantitative estimate of drug-likeness (QED) is 0.791. The van der Waals surface area contributed by atoms with Gasteiger partial charge < -0.3 is 15.4 Å². The Balaban J connectivity index is 1.98. The second-order valence-electron chi connectivity index (χ2n) is 5.04. The van der Waals surface area contributed by atoms with Gasteiger partial charge in [-0.05, 0) is 38.1 Å². The van der Waals surface area contributed by atoms with E-state index in [2.05, 4.69) is 20.9 Å². The lowest BCUT2D eigenvalue weighted by Gasteiger charge is -2.11. The molecule has 0 fully saturated rings. The van der Waals surface area contributed by atoms with Crippen LogP contribution in [0.4, 0.5) is 22.0 Å². The van der Waals surface area contributed by atoms with Gasteiger partial charge in [0.2, 0.25) is 0 Å². The zero-order valence-electron chi connectivity index (χ0n) is 12.9. The number of rotatable bonds is 5. The highest BCUT2D eigenvalue weighted by Gasteiger charge is 2.04. The van der Waals surface area contributed by atoms with E-state index in [1.54, 1.807) is 19.4 Å². The smallest absolute Gasteiger partial charge is 0.320 e. The number of hydrogen-bond acceptors (Lipinski definition) is 4. The Kier molecular flexibility index (Phi) is 5.19. The molecule has 0 aliphatic carbocycles. The van der Waals surface area contributed by atoms with Crippen LogP contribution in [0.5, 0.6) is 5.75 Å². The Bertz CT molecular complexity index is 626. The van der Waals surface area contributed by atoms with Crippen molar-refractivity contribution >= 4 is 23.2 Å². The number of aromatic nitrogens is 1. The maximum Gasteiger partial charge on any atom is 0.320 e. The largest absolute Gasteiger partial charge is 0.497 e. The van der Waals surface area contributed by atoms with Crippen molar-refractivity contribution < 1.29 is 9.53 Å². The van der Waals surface area contributed by atoms with Gasteiger partial charge in [-0.15, -0.1) is 0 Å². The molecule has 3 N–H and O–H groups in total.